The maximum absolute atomic E-state index is 12.3. The molecule has 0 amide bonds. The third-order valence-electron chi connectivity index (χ3n) is 2.11. The standard InChI is InChI=1S/C11H8F3N3/c1-7-4-5-15-10(17-7)9-3-2-8(6-16-9)11(12,13)14/h2-6H,1H3. The van der Waals surface area contributed by atoms with E-state index in [1.165, 1.54) is 12.3 Å². The van der Waals surface area contributed by atoms with Crippen molar-refractivity contribution >= 4 is 0 Å². The van der Waals surface area contributed by atoms with E-state index in [1.807, 2.05) is 0 Å². The zero-order chi connectivity index (χ0) is 12.5. The number of aryl methyl sites for hydroxylation is 1. The lowest BCUT2D eigenvalue weighted by atomic mass is 10.2. The number of nitrogens with zero attached hydrogens (tertiary/aromatic N) is 3. The lowest BCUT2D eigenvalue weighted by Gasteiger charge is -2.06. The molecule has 0 aliphatic rings. The van der Waals surface area contributed by atoms with Crippen molar-refractivity contribution < 1.29 is 13.2 Å². The van der Waals surface area contributed by atoms with Crippen LogP contribution in [0.2, 0.25) is 0 Å². The van der Waals surface area contributed by atoms with Gasteiger partial charge in [-0.25, -0.2) is 9.97 Å². The fourth-order valence-corrected chi connectivity index (χ4v) is 1.27. The van der Waals surface area contributed by atoms with Crippen molar-refractivity contribution in [3.05, 3.63) is 41.9 Å². The summed E-state index contributed by atoms with van der Waals surface area (Å²) in [5, 5.41) is 0. The van der Waals surface area contributed by atoms with Gasteiger partial charge in [0.2, 0.25) is 0 Å². The Morgan fingerprint density at radius 3 is 2.35 bits per heavy atom. The van der Waals surface area contributed by atoms with Crippen molar-refractivity contribution in [3.8, 4) is 11.5 Å². The van der Waals surface area contributed by atoms with Gasteiger partial charge < -0.3 is 0 Å². The minimum atomic E-state index is -4.38. The smallest absolute Gasteiger partial charge is 0.252 e. The van der Waals surface area contributed by atoms with Gasteiger partial charge in [0, 0.05) is 18.1 Å². The highest BCUT2D eigenvalue weighted by Gasteiger charge is 2.30. The minimum absolute atomic E-state index is 0.318. The number of halogens is 3. The highest BCUT2D eigenvalue weighted by molar-refractivity contribution is 5.49. The highest BCUT2D eigenvalue weighted by atomic mass is 19.4. The van der Waals surface area contributed by atoms with Gasteiger partial charge in [0.1, 0.15) is 5.69 Å². The van der Waals surface area contributed by atoms with Crippen molar-refractivity contribution in [2.75, 3.05) is 0 Å². The quantitative estimate of drug-likeness (QED) is 0.768. The van der Waals surface area contributed by atoms with Crippen molar-refractivity contribution in [2.24, 2.45) is 0 Å². The Labute approximate surface area is 95.4 Å². The summed E-state index contributed by atoms with van der Waals surface area (Å²) in [5.41, 5.74) is 0.271. The number of rotatable bonds is 1. The molecule has 88 valence electrons. The lowest BCUT2D eigenvalue weighted by molar-refractivity contribution is -0.137. The van der Waals surface area contributed by atoms with Crippen molar-refractivity contribution in [1.82, 2.24) is 15.0 Å². The molecule has 0 aliphatic carbocycles. The van der Waals surface area contributed by atoms with Crippen LogP contribution in [0.15, 0.2) is 30.6 Å². The van der Waals surface area contributed by atoms with E-state index >= 15 is 0 Å². The molecule has 0 aliphatic heterocycles. The number of hydrogen-bond acceptors (Lipinski definition) is 3. The molecule has 2 aromatic heterocycles. The Morgan fingerprint density at radius 1 is 1.06 bits per heavy atom. The molecule has 0 unspecified atom stereocenters. The molecule has 0 atom stereocenters. The van der Waals surface area contributed by atoms with E-state index in [0.717, 1.165) is 18.0 Å². The maximum Gasteiger partial charge on any atom is 0.417 e. The zero-order valence-electron chi connectivity index (χ0n) is 8.86. The fourth-order valence-electron chi connectivity index (χ4n) is 1.27. The molecule has 0 bridgehead atoms. The van der Waals surface area contributed by atoms with E-state index < -0.39 is 11.7 Å². The second kappa shape index (κ2) is 4.12. The van der Waals surface area contributed by atoms with Gasteiger partial charge in [-0.3, -0.25) is 4.98 Å². The molecule has 0 spiro atoms. The third kappa shape index (κ3) is 2.58. The van der Waals surface area contributed by atoms with E-state index in [1.54, 1.807) is 13.0 Å². The summed E-state index contributed by atoms with van der Waals surface area (Å²) < 4.78 is 36.9. The molecular weight excluding hydrogens is 231 g/mol. The number of alkyl halides is 3. The molecule has 0 aromatic carbocycles. The van der Waals surface area contributed by atoms with Gasteiger partial charge in [0.15, 0.2) is 5.82 Å². The van der Waals surface area contributed by atoms with Crippen LogP contribution in [0.5, 0.6) is 0 Å². The Morgan fingerprint density at radius 2 is 1.82 bits per heavy atom. The van der Waals surface area contributed by atoms with Gasteiger partial charge in [-0.1, -0.05) is 0 Å². The van der Waals surface area contributed by atoms with Crippen LogP contribution in [0.25, 0.3) is 11.5 Å². The fraction of sp³-hybridized carbons (Fsp3) is 0.182. The van der Waals surface area contributed by atoms with Gasteiger partial charge in [0.25, 0.3) is 0 Å². The topological polar surface area (TPSA) is 38.7 Å². The highest BCUT2D eigenvalue weighted by Crippen LogP contribution is 2.29. The van der Waals surface area contributed by atoms with E-state index in [2.05, 4.69) is 15.0 Å². The second-order valence-electron chi connectivity index (χ2n) is 3.45. The summed E-state index contributed by atoms with van der Waals surface area (Å²) in [6.07, 6.45) is -2.06. The molecule has 3 nitrogen and oxygen atoms in total. The molecule has 2 rings (SSSR count). The second-order valence-corrected chi connectivity index (χ2v) is 3.45. The molecule has 0 radical (unpaired) electrons. The summed E-state index contributed by atoms with van der Waals surface area (Å²) in [6.45, 7) is 1.77. The summed E-state index contributed by atoms with van der Waals surface area (Å²) >= 11 is 0. The van der Waals surface area contributed by atoms with Gasteiger partial charge >= 0.3 is 6.18 Å². The number of pyridine rings is 1. The van der Waals surface area contributed by atoms with Crippen LogP contribution in [0.1, 0.15) is 11.3 Å². The van der Waals surface area contributed by atoms with Crippen LogP contribution < -0.4 is 0 Å². The van der Waals surface area contributed by atoms with Gasteiger partial charge in [0.05, 0.1) is 5.56 Å². The zero-order valence-corrected chi connectivity index (χ0v) is 8.86. The first-order chi connectivity index (χ1) is 7.97. The van der Waals surface area contributed by atoms with Crippen LogP contribution in [-0.2, 0) is 6.18 Å². The van der Waals surface area contributed by atoms with E-state index in [4.69, 9.17) is 0 Å². The normalized spacial score (nSPS) is 11.5. The Balaban J connectivity index is 2.36. The van der Waals surface area contributed by atoms with Crippen LogP contribution >= 0.6 is 0 Å². The molecule has 2 aromatic rings. The molecule has 0 fully saturated rings. The number of aromatic nitrogens is 3. The van der Waals surface area contributed by atoms with Crippen LogP contribution in [0.4, 0.5) is 13.2 Å². The first kappa shape index (κ1) is 11.5. The molecule has 0 saturated heterocycles. The summed E-state index contributed by atoms with van der Waals surface area (Å²) in [7, 11) is 0. The van der Waals surface area contributed by atoms with E-state index in [0.29, 0.717) is 11.5 Å². The van der Waals surface area contributed by atoms with E-state index in [9.17, 15) is 13.2 Å². The van der Waals surface area contributed by atoms with Crippen molar-refractivity contribution in [3.63, 3.8) is 0 Å². The van der Waals surface area contributed by atoms with E-state index in [-0.39, 0.29) is 0 Å². The largest absolute Gasteiger partial charge is 0.417 e. The van der Waals surface area contributed by atoms with Crippen LogP contribution in [0, 0.1) is 6.92 Å². The first-order valence-corrected chi connectivity index (χ1v) is 4.80. The molecular formula is C11H8F3N3. The van der Waals surface area contributed by atoms with Gasteiger partial charge in [-0.05, 0) is 25.1 Å². The summed E-state index contributed by atoms with van der Waals surface area (Å²) in [5.74, 6) is 0.318. The average molecular weight is 239 g/mol. The monoisotopic (exact) mass is 239 g/mol. The molecule has 0 N–H and O–H groups in total. The minimum Gasteiger partial charge on any atom is -0.252 e. The van der Waals surface area contributed by atoms with Gasteiger partial charge in [-0.2, -0.15) is 13.2 Å². The first-order valence-electron chi connectivity index (χ1n) is 4.80. The van der Waals surface area contributed by atoms with Crippen LogP contribution in [0.3, 0.4) is 0 Å². The van der Waals surface area contributed by atoms with Gasteiger partial charge in [-0.15, -0.1) is 0 Å². The lowest BCUT2D eigenvalue weighted by Crippen LogP contribution is -2.05. The molecule has 2 heterocycles. The molecule has 6 heteroatoms. The van der Waals surface area contributed by atoms with Crippen molar-refractivity contribution in [2.45, 2.75) is 13.1 Å². The van der Waals surface area contributed by atoms with Crippen LogP contribution in [-0.4, -0.2) is 15.0 Å². The maximum atomic E-state index is 12.3. The Kier molecular flexibility index (Phi) is 2.79. The Bertz CT molecular complexity index is 520. The average Bonchev–Trinajstić information content (AvgIpc) is 2.28. The van der Waals surface area contributed by atoms with Crippen molar-refractivity contribution in [1.29, 1.82) is 0 Å². The molecule has 17 heavy (non-hydrogen) atoms. The molecule has 0 saturated carbocycles. The number of hydrogen-bond donors (Lipinski definition) is 0. The third-order valence-corrected chi connectivity index (χ3v) is 2.11. The Hall–Kier alpha value is -1.98. The summed E-state index contributed by atoms with van der Waals surface area (Å²) in [4.78, 5) is 11.7. The SMILES string of the molecule is Cc1ccnc(-c2ccc(C(F)(F)F)cn2)n1. The predicted molar refractivity (Wildman–Crippen MR) is 55.0 cm³/mol. The summed E-state index contributed by atoms with van der Waals surface area (Å²) in [6, 6.07) is 3.93. The predicted octanol–water partition coefficient (Wildman–Crippen LogP) is 2.87.